The average molecular weight is 302 g/mol. The summed E-state index contributed by atoms with van der Waals surface area (Å²) in [4.78, 5) is 0. The number of halogens is 1. The van der Waals surface area contributed by atoms with E-state index in [1.54, 1.807) is 30.3 Å². The molecule has 0 aliphatic carbocycles. The molecule has 3 rings (SSSR count). The van der Waals surface area contributed by atoms with Crippen molar-refractivity contribution in [3.8, 4) is 11.5 Å². The molecule has 0 amide bonds. The summed E-state index contributed by atoms with van der Waals surface area (Å²) in [6, 6.07) is 9.66. The molecule has 5 N–H and O–H groups in total. The Kier molecular flexibility index (Phi) is 3.56. The number of furan rings is 1. The van der Waals surface area contributed by atoms with Crippen molar-refractivity contribution in [2.75, 3.05) is 11.5 Å². The lowest BCUT2D eigenvalue weighted by molar-refractivity contribution is 0.248. The molecule has 0 fully saturated rings. The van der Waals surface area contributed by atoms with E-state index >= 15 is 0 Å². The van der Waals surface area contributed by atoms with Crippen LogP contribution in [0.15, 0.2) is 40.8 Å². The molecule has 0 aliphatic rings. The van der Waals surface area contributed by atoms with E-state index < -0.39 is 0 Å². The predicted molar refractivity (Wildman–Crippen MR) is 80.2 cm³/mol. The standard InChI is InChI=1S/C15H15FN4O2/c16-11-4-2-1-3-9(11)7-20-15(18)13(17)14(19-20)12-6-5-10(8-21)22-12/h1-6,21H,7-8,17-18H2. The molecule has 0 saturated heterocycles. The van der Waals surface area contributed by atoms with Crippen LogP contribution in [0.5, 0.6) is 0 Å². The van der Waals surface area contributed by atoms with E-state index in [2.05, 4.69) is 5.10 Å². The van der Waals surface area contributed by atoms with E-state index in [9.17, 15) is 4.39 Å². The Balaban J connectivity index is 1.97. The maximum atomic E-state index is 13.7. The molecule has 0 unspecified atom stereocenters. The van der Waals surface area contributed by atoms with Gasteiger partial charge >= 0.3 is 0 Å². The second-order valence-corrected chi connectivity index (χ2v) is 4.82. The van der Waals surface area contributed by atoms with Gasteiger partial charge in [0.15, 0.2) is 11.5 Å². The average Bonchev–Trinajstić information content (AvgIpc) is 3.09. The Hall–Kier alpha value is -2.80. The van der Waals surface area contributed by atoms with E-state index in [0.29, 0.717) is 22.8 Å². The van der Waals surface area contributed by atoms with Gasteiger partial charge in [-0.2, -0.15) is 5.10 Å². The number of nitrogens with two attached hydrogens (primary N) is 2. The minimum atomic E-state index is -0.335. The van der Waals surface area contributed by atoms with Gasteiger partial charge in [0.1, 0.15) is 29.7 Å². The largest absolute Gasteiger partial charge is 0.457 e. The summed E-state index contributed by atoms with van der Waals surface area (Å²) in [6.07, 6.45) is 0. The summed E-state index contributed by atoms with van der Waals surface area (Å²) in [5.41, 5.74) is 13.0. The first-order chi connectivity index (χ1) is 10.6. The second-order valence-electron chi connectivity index (χ2n) is 4.82. The highest BCUT2D eigenvalue weighted by atomic mass is 19.1. The van der Waals surface area contributed by atoms with Crippen LogP contribution in [0.2, 0.25) is 0 Å². The van der Waals surface area contributed by atoms with Gasteiger partial charge in [-0.1, -0.05) is 18.2 Å². The number of hydrogen-bond donors (Lipinski definition) is 3. The van der Waals surface area contributed by atoms with Crippen molar-refractivity contribution in [3.05, 3.63) is 53.5 Å². The molecule has 0 aliphatic heterocycles. The number of hydrogen-bond acceptors (Lipinski definition) is 5. The lowest BCUT2D eigenvalue weighted by atomic mass is 10.2. The highest BCUT2D eigenvalue weighted by Crippen LogP contribution is 2.31. The number of aliphatic hydroxyl groups excluding tert-OH is 1. The van der Waals surface area contributed by atoms with Crippen molar-refractivity contribution in [2.24, 2.45) is 0 Å². The third-order valence-corrected chi connectivity index (χ3v) is 3.36. The van der Waals surface area contributed by atoms with Gasteiger partial charge in [0.2, 0.25) is 0 Å². The van der Waals surface area contributed by atoms with E-state index in [0.717, 1.165) is 0 Å². The molecule has 22 heavy (non-hydrogen) atoms. The zero-order valence-corrected chi connectivity index (χ0v) is 11.7. The van der Waals surface area contributed by atoms with Gasteiger partial charge < -0.3 is 21.0 Å². The first-order valence-electron chi connectivity index (χ1n) is 6.65. The number of nitrogens with zero attached hydrogens (tertiary/aromatic N) is 2. The van der Waals surface area contributed by atoms with Gasteiger partial charge in [-0.25, -0.2) is 9.07 Å². The first kappa shape index (κ1) is 14.2. The van der Waals surface area contributed by atoms with Gasteiger partial charge in [-0.15, -0.1) is 0 Å². The van der Waals surface area contributed by atoms with E-state index in [-0.39, 0.29) is 30.5 Å². The predicted octanol–water partition coefficient (Wildman–Crippen LogP) is 1.99. The zero-order chi connectivity index (χ0) is 15.7. The van der Waals surface area contributed by atoms with Crippen LogP contribution >= 0.6 is 0 Å². The number of anilines is 2. The maximum Gasteiger partial charge on any atom is 0.156 e. The Morgan fingerprint density at radius 2 is 1.95 bits per heavy atom. The van der Waals surface area contributed by atoms with Gasteiger partial charge in [0.25, 0.3) is 0 Å². The number of benzene rings is 1. The fourth-order valence-electron chi connectivity index (χ4n) is 2.17. The molecule has 0 radical (unpaired) electrons. The molecule has 1 aromatic carbocycles. The van der Waals surface area contributed by atoms with Crippen LogP contribution in [-0.4, -0.2) is 14.9 Å². The van der Waals surface area contributed by atoms with Crippen molar-refractivity contribution in [1.82, 2.24) is 9.78 Å². The Labute approximate surface area is 125 Å². The van der Waals surface area contributed by atoms with Crippen LogP contribution in [0.4, 0.5) is 15.9 Å². The topological polar surface area (TPSA) is 103 Å². The Morgan fingerprint density at radius 1 is 1.18 bits per heavy atom. The van der Waals surface area contributed by atoms with Crippen molar-refractivity contribution < 1.29 is 13.9 Å². The second kappa shape index (κ2) is 5.53. The lowest BCUT2D eigenvalue weighted by Crippen LogP contribution is -2.07. The Bertz CT molecular complexity index is 810. The fraction of sp³-hybridized carbons (Fsp3) is 0.133. The van der Waals surface area contributed by atoms with E-state index in [1.807, 2.05) is 0 Å². The molecule has 2 aromatic heterocycles. The van der Waals surface area contributed by atoms with Crippen molar-refractivity contribution >= 4 is 11.5 Å². The maximum absolute atomic E-state index is 13.7. The van der Waals surface area contributed by atoms with Crippen LogP contribution in [0.1, 0.15) is 11.3 Å². The molecule has 0 spiro atoms. The number of rotatable bonds is 4. The van der Waals surface area contributed by atoms with E-state index in [1.165, 1.54) is 10.7 Å². The monoisotopic (exact) mass is 302 g/mol. The van der Waals surface area contributed by atoms with E-state index in [4.69, 9.17) is 21.0 Å². The van der Waals surface area contributed by atoms with Crippen molar-refractivity contribution in [2.45, 2.75) is 13.2 Å². The molecule has 3 aromatic rings. The third kappa shape index (κ3) is 2.42. The molecule has 2 heterocycles. The zero-order valence-electron chi connectivity index (χ0n) is 11.7. The number of aromatic nitrogens is 2. The third-order valence-electron chi connectivity index (χ3n) is 3.36. The minimum absolute atomic E-state index is 0.163. The fourth-order valence-corrected chi connectivity index (χ4v) is 2.17. The minimum Gasteiger partial charge on any atom is -0.457 e. The first-order valence-corrected chi connectivity index (χ1v) is 6.65. The molecule has 6 nitrogen and oxygen atoms in total. The summed E-state index contributed by atoms with van der Waals surface area (Å²) in [6.45, 7) is -0.0540. The molecule has 0 saturated carbocycles. The smallest absolute Gasteiger partial charge is 0.156 e. The van der Waals surface area contributed by atoms with Gasteiger partial charge in [0.05, 0.1) is 6.54 Å². The number of aliphatic hydroxyl groups is 1. The van der Waals surface area contributed by atoms with Crippen molar-refractivity contribution in [3.63, 3.8) is 0 Å². The summed E-state index contributed by atoms with van der Waals surface area (Å²) >= 11 is 0. The van der Waals surface area contributed by atoms with Gasteiger partial charge in [-0.05, 0) is 18.2 Å². The molecular formula is C15H15FN4O2. The molecule has 0 bridgehead atoms. The normalized spacial score (nSPS) is 11.0. The summed E-state index contributed by atoms with van der Waals surface area (Å²) < 4.78 is 20.6. The molecule has 7 heteroatoms. The highest BCUT2D eigenvalue weighted by Gasteiger charge is 2.18. The van der Waals surface area contributed by atoms with Crippen LogP contribution in [0.25, 0.3) is 11.5 Å². The summed E-state index contributed by atoms with van der Waals surface area (Å²) in [5, 5.41) is 13.3. The van der Waals surface area contributed by atoms with Crippen LogP contribution in [0.3, 0.4) is 0 Å². The van der Waals surface area contributed by atoms with Crippen LogP contribution in [0, 0.1) is 5.82 Å². The van der Waals surface area contributed by atoms with Crippen molar-refractivity contribution in [1.29, 1.82) is 0 Å². The van der Waals surface area contributed by atoms with Crippen LogP contribution < -0.4 is 11.5 Å². The quantitative estimate of drug-likeness (QED) is 0.684. The van der Waals surface area contributed by atoms with Gasteiger partial charge in [0, 0.05) is 5.56 Å². The SMILES string of the molecule is Nc1c(-c2ccc(CO)o2)nn(Cc2ccccc2F)c1N. The van der Waals surface area contributed by atoms with Crippen LogP contribution in [-0.2, 0) is 13.2 Å². The molecule has 0 atom stereocenters. The number of nitrogen functional groups attached to an aromatic ring is 2. The molecular weight excluding hydrogens is 287 g/mol. The Morgan fingerprint density at radius 3 is 2.64 bits per heavy atom. The molecule has 114 valence electrons. The summed E-state index contributed by atoms with van der Waals surface area (Å²) in [7, 11) is 0. The highest BCUT2D eigenvalue weighted by molar-refractivity contribution is 5.77. The lowest BCUT2D eigenvalue weighted by Gasteiger charge is -2.05. The summed E-state index contributed by atoms with van der Waals surface area (Å²) in [5.74, 6) is 0.704. The van der Waals surface area contributed by atoms with Gasteiger partial charge in [-0.3, -0.25) is 0 Å².